The number of nitrogens with zero attached hydrogens (tertiary/aromatic N) is 1. The van der Waals surface area contributed by atoms with Crippen LogP contribution in [0.4, 0.5) is 4.79 Å². The number of nitrogens with one attached hydrogen (secondary N) is 2. The van der Waals surface area contributed by atoms with Gasteiger partial charge in [-0.1, -0.05) is 19.8 Å². The molecule has 2 aliphatic carbocycles. The van der Waals surface area contributed by atoms with Crippen LogP contribution in [0.15, 0.2) is 0 Å². The lowest BCUT2D eigenvalue weighted by molar-refractivity contribution is -0.139. The van der Waals surface area contributed by atoms with E-state index in [1.54, 1.807) is 0 Å². The van der Waals surface area contributed by atoms with Gasteiger partial charge in [-0.25, -0.2) is 4.79 Å². The fourth-order valence-corrected chi connectivity index (χ4v) is 3.69. The second-order valence-corrected chi connectivity index (χ2v) is 6.73. The molecule has 2 aliphatic rings. The number of amides is 2. The fraction of sp³-hybridized carbons (Fsp3) is 0.875. The summed E-state index contributed by atoms with van der Waals surface area (Å²) in [6.45, 7) is 4.87. The van der Waals surface area contributed by atoms with E-state index in [4.69, 9.17) is 5.11 Å². The number of hydrogen-bond acceptors (Lipinski definition) is 3. The number of aliphatic carboxylic acids is 1. The first-order valence-corrected chi connectivity index (χ1v) is 8.52. The molecule has 0 aromatic carbocycles. The quantitative estimate of drug-likeness (QED) is 0.669. The van der Waals surface area contributed by atoms with Gasteiger partial charge in [0.25, 0.3) is 0 Å². The Kier molecular flexibility index (Phi) is 6.06. The zero-order valence-electron chi connectivity index (χ0n) is 13.7. The summed E-state index contributed by atoms with van der Waals surface area (Å²) in [5, 5.41) is 14.9. The van der Waals surface area contributed by atoms with Crippen LogP contribution in [0.5, 0.6) is 0 Å². The van der Waals surface area contributed by atoms with Crippen LogP contribution < -0.4 is 10.6 Å². The van der Waals surface area contributed by atoms with Gasteiger partial charge in [-0.05, 0) is 45.1 Å². The van der Waals surface area contributed by atoms with Gasteiger partial charge in [0.1, 0.15) is 0 Å². The van der Waals surface area contributed by atoms with E-state index in [2.05, 4.69) is 17.6 Å². The monoisotopic (exact) mass is 311 g/mol. The van der Waals surface area contributed by atoms with Gasteiger partial charge in [0.15, 0.2) is 0 Å². The van der Waals surface area contributed by atoms with Crippen LogP contribution in [0.25, 0.3) is 0 Å². The lowest BCUT2D eigenvalue weighted by atomic mass is 9.85. The summed E-state index contributed by atoms with van der Waals surface area (Å²) in [5.41, 5.74) is 0. The molecule has 6 heteroatoms. The predicted molar refractivity (Wildman–Crippen MR) is 84.8 cm³/mol. The van der Waals surface area contributed by atoms with Gasteiger partial charge >= 0.3 is 12.0 Å². The maximum absolute atomic E-state index is 12.0. The maximum atomic E-state index is 12.0. The Morgan fingerprint density at radius 3 is 2.45 bits per heavy atom. The third-order valence-corrected chi connectivity index (χ3v) is 5.18. The van der Waals surface area contributed by atoms with Gasteiger partial charge in [-0.15, -0.1) is 0 Å². The molecule has 0 bridgehead atoms. The van der Waals surface area contributed by atoms with Crippen molar-refractivity contribution in [3.8, 4) is 0 Å². The molecule has 3 N–H and O–H groups in total. The molecule has 0 saturated heterocycles. The van der Waals surface area contributed by atoms with Crippen LogP contribution in [-0.2, 0) is 4.79 Å². The largest absolute Gasteiger partial charge is 0.480 e. The molecule has 2 rings (SSSR count). The first-order chi connectivity index (χ1) is 10.5. The Balaban J connectivity index is 1.66. The lowest BCUT2D eigenvalue weighted by Gasteiger charge is -2.42. The van der Waals surface area contributed by atoms with E-state index in [1.165, 1.54) is 25.7 Å². The molecule has 0 aromatic heterocycles. The molecule has 0 aromatic rings. The number of rotatable bonds is 7. The van der Waals surface area contributed by atoms with Crippen molar-refractivity contribution >= 4 is 12.0 Å². The molecule has 2 saturated carbocycles. The van der Waals surface area contributed by atoms with Crippen LogP contribution in [-0.4, -0.2) is 53.2 Å². The molecule has 126 valence electrons. The van der Waals surface area contributed by atoms with Crippen LogP contribution in [0.1, 0.15) is 52.4 Å². The highest BCUT2D eigenvalue weighted by atomic mass is 16.4. The fourth-order valence-electron chi connectivity index (χ4n) is 3.69. The summed E-state index contributed by atoms with van der Waals surface area (Å²) in [6, 6.07) is 0.601. The summed E-state index contributed by atoms with van der Waals surface area (Å²) in [4.78, 5) is 24.8. The van der Waals surface area contributed by atoms with E-state index in [-0.39, 0.29) is 30.7 Å². The molecular formula is C16H29N3O3. The number of carboxylic acids is 1. The van der Waals surface area contributed by atoms with Crippen molar-refractivity contribution in [1.82, 2.24) is 15.5 Å². The smallest absolute Gasteiger partial charge is 0.317 e. The van der Waals surface area contributed by atoms with Gasteiger partial charge in [0.2, 0.25) is 0 Å². The molecule has 2 fully saturated rings. The van der Waals surface area contributed by atoms with E-state index in [0.29, 0.717) is 5.92 Å². The van der Waals surface area contributed by atoms with E-state index in [1.807, 2.05) is 11.8 Å². The standard InChI is InChI=1S/C16H29N3O3/c1-3-19(10-15(20)21)14-8-13(9-14)18-16(22)17-11(2)12-6-4-5-7-12/h11-14H,3-10H2,1-2H3,(H,20,21)(H2,17,18,22). The Bertz CT molecular complexity index is 390. The molecule has 1 unspecified atom stereocenters. The molecule has 0 spiro atoms. The molecule has 0 aliphatic heterocycles. The molecule has 2 amide bonds. The van der Waals surface area contributed by atoms with Crippen molar-refractivity contribution in [2.75, 3.05) is 13.1 Å². The van der Waals surface area contributed by atoms with Crippen molar-refractivity contribution in [3.05, 3.63) is 0 Å². The SMILES string of the molecule is CCN(CC(=O)O)C1CC(NC(=O)NC(C)C2CCCC2)C1. The molecule has 0 radical (unpaired) electrons. The summed E-state index contributed by atoms with van der Waals surface area (Å²) in [5.74, 6) is -0.174. The van der Waals surface area contributed by atoms with E-state index < -0.39 is 5.97 Å². The van der Waals surface area contributed by atoms with Gasteiger partial charge in [-0.2, -0.15) is 0 Å². The second kappa shape index (κ2) is 7.81. The molecule has 1 atom stereocenters. The molecule has 6 nitrogen and oxygen atoms in total. The molecule has 0 heterocycles. The van der Waals surface area contributed by atoms with E-state index >= 15 is 0 Å². The van der Waals surface area contributed by atoms with Crippen molar-refractivity contribution in [1.29, 1.82) is 0 Å². The number of likely N-dealkylation sites (N-methyl/N-ethyl adjacent to an activating group) is 1. The van der Waals surface area contributed by atoms with Gasteiger partial charge in [0.05, 0.1) is 6.54 Å². The predicted octanol–water partition coefficient (Wildman–Crippen LogP) is 1.80. The Morgan fingerprint density at radius 2 is 1.91 bits per heavy atom. The first kappa shape index (κ1) is 17.1. The number of carbonyl (C=O) groups is 2. The zero-order chi connectivity index (χ0) is 16.1. The first-order valence-electron chi connectivity index (χ1n) is 8.52. The minimum absolute atomic E-state index is 0.0795. The average Bonchev–Trinajstić information content (AvgIpc) is 2.94. The van der Waals surface area contributed by atoms with E-state index in [0.717, 1.165) is 19.4 Å². The third-order valence-electron chi connectivity index (χ3n) is 5.18. The third kappa shape index (κ3) is 4.60. The van der Waals surface area contributed by atoms with E-state index in [9.17, 15) is 9.59 Å². The van der Waals surface area contributed by atoms with Crippen molar-refractivity contribution in [2.45, 2.75) is 70.5 Å². The lowest BCUT2D eigenvalue weighted by Crippen LogP contribution is -2.57. The van der Waals surface area contributed by atoms with Crippen LogP contribution in [0.3, 0.4) is 0 Å². The number of carbonyl (C=O) groups excluding carboxylic acids is 1. The minimum Gasteiger partial charge on any atom is -0.480 e. The van der Waals surface area contributed by atoms with Gasteiger partial charge in [-0.3, -0.25) is 9.69 Å². The zero-order valence-corrected chi connectivity index (χ0v) is 13.7. The normalized spacial score (nSPS) is 26.5. The molecular weight excluding hydrogens is 282 g/mol. The van der Waals surface area contributed by atoms with Crippen LogP contribution in [0.2, 0.25) is 0 Å². The molecule has 22 heavy (non-hydrogen) atoms. The van der Waals surface area contributed by atoms with Gasteiger partial charge < -0.3 is 15.7 Å². The highest BCUT2D eigenvalue weighted by molar-refractivity contribution is 5.74. The number of carboxylic acid groups (broad SMARTS) is 1. The Hall–Kier alpha value is -1.30. The topological polar surface area (TPSA) is 81.7 Å². The Morgan fingerprint density at radius 1 is 1.27 bits per heavy atom. The summed E-state index contributed by atoms with van der Waals surface area (Å²) in [6.07, 6.45) is 6.66. The summed E-state index contributed by atoms with van der Waals surface area (Å²) < 4.78 is 0. The highest BCUT2D eigenvalue weighted by Gasteiger charge is 2.35. The van der Waals surface area contributed by atoms with Gasteiger partial charge in [0, 0.05) is 18.1 Å². The average molecular weight is 311 g/mol. The maximum Gasteiger partial charge on any atom is 0.317 e. The Labute approximate surface area is 132 Å². The number of hydrogen-bond donors (Lipinski definition) is 3. The van der Waals surface area contributed by atoms with Crippen molar-refractivity contribution < 1.29 is 14.7 Å². The summed E-state index contributed by atoms with van der Waals surface area (Å²) >= 11 is 0. The van der Waals surface area contributed by atoms with Crippen molar-refractivity contribution in [3.63, 3.8) is 0 Å². The minimum atomic E-state index is -0.790. The number of urea groups is 1. The highest BCUT2D eigenvalue weighted by Crippen LogP contribution is 2.28. The second-order valence-electron chi connectivity index (χ2n) is 6.73. The van der Waals surface area contributed by atoms with Crippen molar-refractivity contribution in [2.24, 2.45) is 5.92 Å². The van der Waals surface area contributed by atoms with Crippen LogP contribution in [0, 0.1) is 5.92 Å². The van der Waals surface area contributed by atoms with Crippen LogP contribution >= 0.6 is 0 Å². The summed E-state index contributed by atoms with van der Waals surface area (Å²) in [7, 11) is 0.